The second-order valence-corrected chi connectivity index (χ2v) is 2.01. The number of nitrogens with zero attached hydrogens (tertiary/aromatic N) is 1. The zero-order valence-corrected chi connectivity index (χ0v) is 5.92. The summed E-state index contributed by atoms with van der Waals surface area (Å²) in [5.74, 6) is 0. The Balaban J connectivity index is 2.75. The Bertz CT molecular complexity index is 186. The molecule has 0 aliphatic rings. The van der Waals surface area contributed by atoms with Gasteiger partial charge in [0.25, 0.3) is 0 Å². The second-order valence-electron chi connectivity index (χ2n) is 2.01. The molecule has 0 radical (unpaired) electrons. The number of hydrogen-bond acceptors (Lipinski definition) is 1. The van der Waals surface area contributed by atoms with Crippen LogP contribution < -0.4 is 5.12 Å². The van der Waals surface area contributed by atoms with Crippen LogP contribution in [-0.4, -0.2) is 6.54 Å². The number of halogens is 1. The van der Waals surface area contributed by atoms with Crippen LogP contribution in [0.2, 0.25) is 0 Å². The van der Waals surface area contributed by atoms with E-state index in [1.54, 1.807) is 19.1 Å². The Morgan fingerprint density at radius 1 is 1.30 bits per heavy atom. The molecule has 2 heteroatoms. The Kier molecular flexibility index (Phi) is 2.26. The normalized spacial score (nSPS) is 9.40. The first-order valence-electron chi connectivity index (χ1n) is 3.33. The quantitative estimate of drug-likeness (QED) is 0.568. The molecule has 0 aliphatic heterocycles. The zero-order chi connectivity index (χ0) is 7.40. The number of para-hydroxylation sites is 1. The van der Waals surface area contributed by atoms with Gasteiger partial charge in [-0.25, -0.2) is 5.12 Å². The fourth-order valence-corrected chi connectivity index (χ4v) is 0.772. The molecule has 0 amide bonds. The molecule has 10 heavy (non-hydrogen) atoms. The van der Waals surface area contributed by atoms with Gasteiger partial charge >= 0.3 is 0 Å². The van der Waals surface area contributed by atoms with Gasteiger partial charge in [-0.05, 0) is 19.1 Å². The molecule has 0 N–H and O–H groups in total. The lowest BCUT2D eigenvalue weighted by molar-refractivity contribution is 0.445. The largest absolute Gasteiger partial charge is 0.212 e. The highest BCUT2D eigenvalue weighted by Crippen LogP contribution is 2.11. The van der Waals surface area contributed by atoms with Crippen molar-refractivity contribution in [2.45, 2.75) is 6.92 Å². The van der Waals surface area contributed by atoms with Gasteiger partial charge in [0.2, 0.25) is 0 Å². The summed E-state index contributed by atoms with van der Waals surface area (Å²) in [7, 11) is 0. The lowest BCUT2D eigenvalue weighted by Gasteiger charge is -2.09. The Morgan fingerprint density at radius 2 is 1.90 bits per heavy atom. The molecule has 0 aromatic heterocycles. The molecule has 1 rings (SSSR count). The molecule has 0 atom stereocenters. The highest BCUT2D eigenvalue weighted by atomic mass is 19.2. The van der Waals surface area contributed by atoms with Crippen LogP contribution in [0.5, 0.6) is 0 Å². The summed E-state index contributed by atoms with van der Waals surface area (Å²) in [6, 6.07) is 8.98. The van der Waals surface area contributed by atoms with Crippen molar-refractivity contribution in [2.24, 2.45) is 0 Å². The van der Waals surface area contributed by atoms with E-state index >= 15 is 0 Å². The fraction of sp³-hybridized carbons (Fsp3) is 0.250. The maximum Gasteiger partial charge on any atom is 0.0687 e. The third-order valence-electron chi connectivity index (χ3n) is 1.31. The van der Waals surface area contributed by atoms with Crippen molar-refractivity contribution in [1.82, 2.24) is 0 Å². The SMILES string of the molecule is CCN(F)c1ccccc1. The van der Waals surface area contributed by atoms with Crippen molar-refractivity contribution >= 4 is 5.69 Å². The van der Waals surface area contributed by atoms with Crippen molar-refractivity contribution in [3.63, 3.8) is 0 Å². The molecule has 0 heterocycles. The molecule has 0 fully saturated rings. The molecule has 0 saturated heterocycles. The Hall–Kier alpha value is -1.05. The lowest BCUT2D eigenvalue weighted by atomic mass is 10.3. The number of hydrogen-bond donors (Lipinski definition) is 0. The number of rotatable bonds is 2. The molecule has 1 nitrogen and oxygen atoms in total. The molecule has 1 aromatic rings. The van der Waals surface area contributed by atoms with E-state index in [0.29, 0.717) is 17.4 Å². The first kappa shape index (κ1) is 7.06. The van der Waals surface area contributed by atoms with Crippen LogP contribution in [0.3, 0.4) is 0 Å². The maximum absolute atomic E-state index is 12.7. The first-order valence-corrected chi connectivity index (χ1v) is 3.33. The van der Waals surface area contributed by atoms with E-state index in [9.17, 15) is 4.48 Å². The third-order valence-corrected chi connectivity index (χ3v) is 1.31. The average Bonchev–Trinajstić information content (AvgIpc) is 2.05. The van der Waals surface area contributed by atoms with E-state index < -0.39 is 0 Å². The maximum atomic E-state index is 12.7. The van der Waals surface area contributed by atoms with Crippen LogP contribution in [0, 0.1) is 0 Å². The van der Waals surface area contributed by atoms with E-state index in [1.165, 1.54) is 0 Å². The van der Waals surface area contributed by atoms with E-state index in [1.807, 2.05) is 18.2 Å². The molecule has 0 aliphatic carbocycles. The van der Waals surface area contributed by atoms with Gasteiger partial charge in [-0.3, -0.25) is 0 Å². The van der Waals surface area contributed by atoms with E-state index in [4.69, 9.17) is 0 Å². The van der Waals surface area contributed by atoms with Gasteiger partial charge in [0.05, 0.1) is 5.69 Å². The van der Waals surface area contributed by atoms with Gasteiger partial charge in [0.15, 0.2) is 0 Å². The molecule has 0 saturated carbocycles. The monoisotopic (exact) mass is 139 g/mol. The molecular weight excluding hydrogens is 129 g/mol. The standard InChI is InChI=1S/C8H10FN/c1-2-10(9)8-6-4-3-5-7-8/h3-7H,2H2,1H3. The van der Waals surface area contributed by atoms with Crippen LogP contribution >= 0.6 is 0 Å². The van der Waals surface area contributed by atoms with Crippen molar-refractivity contribution < 1.29 is 4.48 Å². The average molecular weight is 139 g/mol. The van der Waals surface area contributed by atoms with Gasteiger partial charge in [0, 0.05) is 6.54 Å². The van der Waals surface area contributed by atoms with Crippen molar-refractivity contribution in [3.8, 4) is 0 Å². The van der Waals surface area contributed by atoms with Crippen LogP contribution in [0.15, 0.2) is 30.3 Å². The minimum atomic E-state index is 0.393. The summed E-state index contributed by atoms with van der Waals surface area (Å²) in [5, 5.41) is 0.708. The fourth-order valence-electron chi connectivity index (χ4n) is 0.772. The molecular formula is C8H10FN. The van der Waals surface area contributed by atoms with E-state index in [0.717, 1.165) is 0 Å². The Labute approximate surface area is 60.0 Å². The van der Waals surface area contributed by atoms with E-state index in [-0.39, 0.29) is 0 Å². The minimum absolute atomic E-state index is 0.393. The van der Waals surface area contributed by atoms with Crippen LogP contribution in [-0.2, 0) is 0 Å². The van der Waals surface area contributed by atoms with Gasteiger partial charge in [-0.15, -0.1) is 0 Å². The van der Waals surface area contributed by atoms with Crippen LogP contribution in [0.4, 0.5) is 10.2 Å². The van der Waals surface area contributed by atoms with E-state index in [2.05, 4.69) is 0 Å². The van der Waals surface area contributed by atoms with Crippen LogP contribution in [0.1, 0.15) is 6.92 Å². The Morgan fingerprint density at radius 3 is 2.40 bits per heavy atom. The van der Waals surface area contributed by atoms with Gasteiger partial charge in [-0.2, -0.15) is 0 Å². The summed E-state index contributed by atoms with van der Waals surface area (Å²) >= 11 is 0. The van der Waals surface area contributed by atoms with Crippen molar-refractivity contribution in [1.29, 1.82) is 0 Å². The summed E-state index contributed by atoms with van der Waals surface area (Å²) < 4.78 is 12.7. The van der Waals surface area contributed by atoms with Gasteiger partial charge in [-0.1, -0.05) is 22.7 Å². The smallest absolute Gasteiger partial charge is 0.0687 e. The molecule has 0 unspecified atom stereocenters. The van der Waals surface area contributed by atoms with Crippen LogP contribution in [0.25, 0.3) is 0 Å². The summed E-state index contributed by atoms with van der Waals surface area (Å²) in [6.45, 7) is 2.16. The number of benzene rings is 1. The molecule has 0 bridgehead atoms. The zero-order valence-electron chi connectivity index (χ0n) is 5.92. The number of anilines is 1. The second kappa shape index (κ2) is 3.20. The summed E-state index contributed by atoms with van der Waals surface area (Å²) in [5.41, 5.74) is 0.616. The minimum Gasteiger partial charge on any atom is -0.212 e. The topological polar surface area (TPSA) is 3.24 Å². The molecule has 0 spiro atoms. The molecule has 1 aromatic carbocycles. The van der Waals surface area contributed by atoms with Gasteiger partial charge < -0.3 is 0 Å². The predicted octanol–water partition coefficient (Wildman–Crippen LogP) is 2.40. The summed E-state index contributed by atoms with van der Waals surface area (Å²) in [4.78, 5) is 0. The first-order chi connectivity index (χ1) is 4.84. The lowest BCUT2D eigenvalue weighted by Crippen LogP contribution is -2.09. The molecule has 54 valence electrons. The highest BCUT2D eigenvalue weighted by Gasteiger charge is 1.97. The predicted molar refractivity (Wildman–Crippen MR) is 40.6 cm³/mol. The van der Waals surface area contributed by atoms with Gasteiger partial charge in [0.1, 0.15) is 0 Å². The highest BCUT2D eigenvalue weighted by molar-refractivity contribution is 5.42. The van der Waals surface area contributed by atoms with Crippen molar-refractivity contribution in [2.75, 3.05) is 11.7 Å². The third kappa shape index (κ3) is 1.47. The van der Waals surface area contributed by atoms with Crippen molar-refractivity contribution in [3.05, 3.63) is 30.3 Å². The summed E-state index contributed by atoms with van der Waals surface area (Å²) in [6.07, 6.45) is 0.